The number of piperidine rings is 1. The van der Waals surface area contributed by atoms with E-state index in [2.05, 4.69) is 4.74 Å². The second-order valence-corrected chi connectivity index (χ2v) is 7.35. The lowest BCUT2D eigenvalue weighted by Gasteiger charge is -2.36. The number of likely N-dealkylation sites (tertiary alicyclic amines) is 1. The van der Waals surface area contributed by atoms with Crippen LogP contribution in [0.2, 0.25) is 0 Å². The molecule has 1 heterocycles. The molecule has 0 aliphatic carbocycles. The van der Waals surface area contributed by atoms with Gasteiger partial charge in [-0.1, -0.05) is 0 Å². The highest BCUT2D eigenvalue weighted by Gasteiger charge is 2.31. The van der Waals surface area contributed by atoms with E-state index in [9.17, 15) is 18.4 Å². The number of amides is 1. The summed E-state index contributed by atoms with van der Waals surface area (Å²) in [6.07, 6.45) is 2.32. The third kappa shape index (κ3) is 5.97. The van der Waals surface area contributed by atoms with Gasteiger partial charge in [0.25, 0.3) is 0 Å². The summed E-state index contributed by atoms with van der Waals surface area (Å²) >= 11 is 0. The molecule has 1 fully saturated rings. The predicted molar refractivity (Wildman–Crippen MR) is 92.6 cm³/mol. The Hall–Kier alpha value is -2.18. The third-order valence-corrected chi connectivity index (χ3v) is 4.08. The van der Waals surface area contributed by atoms with E-state index >= 15 is 0 Å². The molecule has 1 saturated heterocycles. The maximum absolute atomic E-state index is 12.5. The lowest BCUT2D eigenvalue weighted by atomic mass is 9.95. The molecule has 0 aromatic heterocycles. The highest BCUT2D eigenvalue weighted by molar-refractivity contribution is 5.96. The van der Waals surface area contributed by atoms with Gasteiger partial charge in [0.1, 0.15) is 11.4 Å². The van der Waals surface area contributed by atoms with Crippen molar-refractivity contribution in [2.75, 3.05) is 6.54 Å². The van der Waals surface area contributed by atoms with Crippen LogP contribution in [-0.2, 0) is 4.74 Å². The number of Topliss-reactive ketones (excluding diaryl/α,β-unsaturated/α-hetero) is 1. The summed E-state index contributed by atoms with van der Waals surface area (Å²) in [4.78, 5) is 26.6. The van der Waals surface area contributed by atoms with Gasteiger partial charge in [-0.3, -0.25) is 4.79 Å². The van der Waals surface area contributed by atoms with Crippen LogP contribution < -0.4 is 4.74 Å². The Morgan fingerprint density at radius 3 is 2.42 bits per heavy atom. The number of hydrogen-bond acceptors (Lipinski definition) is 4. The molecular formula is C19H25F2NO4. The largest absolute Gasteiger partial charge is 0.444 e. The number of benzene rings is 1. The topological polar surface area (TPSA) is 55.8 Å². The first-order chi connectivity index (χ1) is 12.2. The van der Waals surface area contributed by atoms with Crippen molar-refractivity contribution in [1.82, 2.24) is 4.90 Å². The van der Waals surface area contributed by atoms with Crippen LogP contribution in [0, 0.1) is 0 Å². The number of nitrogens with zero attached hydrogens (tertiary/aromatic N) is 1. The summed E-state index contributed by atoms with van der Waals surface area (Å²) in [7, 11) is 0. The van der Waals surface area contributed by atoms with Crippen LogP contribution >= 0.6 is 0 Å². The van der Waals surface area contributed by atoms with E-state index < -0.39 is 18.3 Å². The number of halogens is 2. The van der Waals surface area contributed by atoms with Crippen LogP contribution in [0.3, 0.4) is 0 Å². The molecule has 1 atom stereocenters. The average Bonchev–Trinajstić information content (AvgIpc) is 2.53. The Labute approximate surface area is 152 Å². The van der Waals surface area contributed by atoms with Gasteiger partial charge in [-0.15, -0.1) is 0 Å². The van der Waals surface area contributed by atoms with Gasteiger partial charge >= 0.3 is 12.7 Å². The molecule has 1 aromatic rings. The van der Waals surface area contributed by atoms with Crippen molar-refractivity contribution in [2.24, 2.45) is 0 Å². The summed E-state index contributed by atoms with van der Waals surface area (Å²) < 4.78 is 34.1. The number of rotatable bonds is 5. The monoisotopic (exact) mass is 369 g/mol. The highest BCUT2D eigenvalue weighted by atomic mass is 19.3. The molecule has 1 aliphatic rings. The van der Waals surface area contributed by atoms with Gasteiger partial charge in [-0.25, -0.2) is 4.79 Å². The van der Waals surface area contributed by atoms with Gasteiger partial charge in [0, 0.05) is 24.6 Å². The van der Waals surface area contributed by atoms with E-state index in [0.717, 1.165) is 19.3 Å². The van der Waals surface area contributed by atoms with E-state index in [-0.39, 0.29) is 24.0 Å². The van der Waals surface area contributed by atoms with Gasteiger partial charge in [0.15, 0.2) is 5.78 Å². The molecule has 2 rings (SSSR count). The van der Waals surface area contributed by atoms with Gasteiger partial charge in [-0.05, 0) is 64.3 Å². The van der Waals surface area contributed by atoms with Gasteiger partial charge in [0.05, 0.1) is 0 Å². The number of carbonyl (C=O) groups excluding carboxylic acids is 2. The van der Waals surface area contributed by atoms with Crippen molar-refractivity contribution in [3.05, 3.63) is 29.8 Å². The van der Waals surface area contributed by atoms with Crippen molar-refractivity contribution in [3.63, 3.8) is 0 Å². The third-order valence-electron chi connectivity index (χ3n) is 4.08. The molecule has 0 radical (unpaired) electrons. The number of ketones is 1. The molecule has 7 heteroatoms. The van der Waals surface area contributed by atoms with E-state index in [1.165, 1.54) is 24.3 Å². The average molecular weight is 369 g/mol. The molecular weight excluding hydrogens is 344 g/mol. The lowest BCUT2D eigenvalue weighted by Crippen LogP contribution is -2.46. The minimum Gasteiger partial charge on any atom is -0.444 e. The fourth-order valence-corrected chi connectivity index (χ4v) is 2.93. The van der Waals surface area contributed by atoms with Crippen LogP contribution in [-0.4, -0.2) is 41.6 Å². The van der Waals surface area contributed by atoms with E-state index in [1.807, 2.05) is 0 Å². The van der Waals surface area contributed by atoms with Crippen LogP contribution in [0.1, 0.15) is 56.8 Å². The highest BCUT2D eigenvalue weighted by Crippen LogP contribution is 2.24. The van der Waals surface area contributed by atoms with E-state index in [4.69, 9.17) is 4.74 Å². The minimum absolute atomic E-state index is 0.00426. The number of hydrogen-bond donors (Lipinski definition) is 0. The summed E-state index contributed by atoms with van der Waals surface area (Å²) in [5, 5.41) is 0. The quantitative estimate of drug-likeness (QED) is 0.709. The van der Waals surface area contributed by atoms with Gasteiger partial charge < -0.3 is 14.4 Å². The molecule has 144 valence electrons. The van der Waals surface area contributed by atoms with Crippen molar-refractivity contribution in [2.45, 2.75) is 64.7 Å². The zero-order chi connectivity index (χ0) is 19.3. The molecule has 0 bridgehead atoms. The molecule has 0 N–H and O–H groups in total. The molecule has 1 amide bonds. The fourth-order valence-electron chi connectivity index (χ4n) is 2.93. The second-order valence-electron chi connectivity index (χ2n) is 7.35. The lowest BCUT2D eigenvalue weighted by molar-refractivity contribution is -0.0498. The molecule has 0 spiro atoms. The Kier molecular flexibility index (Phi) is 6.56. The molecule has 0 saturated carbocycles. The van der Waals surface area contributed by atoms with Gasteiger partial charge in [-0.2, -0.15) is 8.78 Å². The van der Waals surface area contributed by atoms with Crippen LogP contribution in [0.4, 0.5) is 13.6 Å². The maximum Gasteiger partial charge on any atom is 0.410 e. The molecule has 1 aliphatic heterocycles. The first kappa shape index (κ1) is 20.1. The first-order valence-electron chi connectivity index (χ1n) is 8.73. The smallest absolute Gasteiger partial charge is 0.410 e. The maximum atomic E-state index is 12.5. The molecule has 5 nitrogen and oxygen atoms in total. The van der Waals surface area contributed by atoms with Crippen molar-refractivity contribution < 1.29 is 27.8 Å². The van der Waals surface area contributed by atoms with Crippen LogP contribution in [0.5, 0.6) is 5.75 Å². The fraction of sp³-hybridized carbons (Fsp3) is 0.579. The zero-order valence-corrected chi connectivity index (χ0v) is 15.3. The SMILES string of the molecule is CC(C)(C)OC(=O)N1CCCCC1CC(=O)c1ccc(OC(F)F)cc1. The van der Waals surface area contributed by atoms with Crippen molar-refractivity contribution in [1.29, 1.82) is 0 Å². The minimum atomic E-state index is -2.90. The van der Waals surface area contributed by atoms with E-state index in [0.29, 0.717) is 12.1 Å². The van der Waals surface area contributed by atoms with Gasteiger partial charge in [0.2, 0.25) is 0 Å². The zero-order valence-electron chi connectivity index (χ0n) is 15.3. The predicted octanol–water partition coefficient (Wildman–Crippen LogP) is 4.65. The van der Waals surface area contributed by atoms with Crippen molar-refractivity contribution >= 4 is 11.9 Å². The molecule has 1 unspecified atom stereocenters. The number of ether oxygens (including phenoxy) is 2. The second kappa shape index (κ2) is 8.47. The summed E-state index contributed by atoms with van der Waals surface area (Å²) in [5.41, 5.74) is -0.190. The summed E-state index contributed by atoms with van der Waals surface area (Å²) in [6.45, 7) is 3.07. The first-order valence-corrected chi connectivity index (χ1v) is 8.73. The van der Waals surface area contributed by atoms with Crippen molar-refractivity contribution in [3.8, 4) is 5.75 Å². The summed E-state index contributed by atoms with van der Waals surface area (Å²) in [6, 6.07) is 5.38. The van der Waals surface area contributed by atoms with Crippen LogP contribution in [0.15, 0.2) is 24.3 Å². The normalized spacial score (nSPS) is 17.9. The molecule has 26 heavy (non-hydrogen) atoms. The van der Waals surface area contributed by atoms with E-state index in [1.54, 1.807) is 25.7 Å². The number of carbonyl (C=O) groups is 2. The standard InChI is InChI=1S/C19H25F2NO4/c1-19(2,3)26-18(24)22-11-5-4-6-14(22)12-16(23)13-7-9-15(10-8-13)25-17(20)21/h7-10,14,17H,4-6,11-12H2,1-3H3. The Balaban J connectivity index is 2.02. The Morgan fingerprint density at radius 2 is 1.85 bits per heavy atom. The van der Waals surface area contributed by atoms with Crippen LogP contribution in [0.25, 0.3) is 0 Å². The summed E-state index contributed by atoms with van der Waals surface area (Å²) in [5.74, 6) is -0.140. The molecule has 1 aromatic carbocycles. The number of alkyl halides is 2. The Bertz CT molecular complexity index is 625. The Morgan fingerprint density at radius 1 is 1.19 bits per heavy atom.